The molecule has 0 bridgehead atoms. The molecule has 1 aromatic carbocycles. The van der Waals surface area contributed by atoms with Crippen molar-refractivity contribution in [2.24, 2.45) is 12.8 Å². The van der Waals surface area contributed by atoms with Crippen molar-refractivity contribution in [2.45, 2.75) is 51.0 Å². The highest BCUT2D eigenvalue weighted by molar-refractivity contribution is 5.94. The number of hydrogen-bond donors (Lipinski definition) is 2. The van der Waals surface area contributed by atoms with Crippen LogP contribution >= 0.6 is 0 Å². The molecule has 2 aromatic rings. The van der Waals surface area contributed by atoms with Crippen LogP contribution in [0.4, 0.5) is 0 Å². The summed E-state index contributed by atoms with van der Waals surface area (Å²) in [5, 5.41) is 18.3. The Morgan fingerprint density at radius 3 is 2.52 bits per heavy atom. The Morgan fingerprint density at radius 1 is 1.22 bits per heavy atom. The van der Waals surface area contributed by atoms with E-state index in [-0.39, 0.29) is 12.4 Å². The van der Waals surface area contributed by atoms with E-state index < -0.39 is 5.54 Å². The fourth-order valence-electron chi connectivity index (χ4n) is 3.16. The van der Waals surface area contributed by atoms with Crippen LogP contribution in [-0.4, -0.2) is 27.6 Å². The second-order valence-electron chi connectivity index (χ2n) is 7.23. The lowest BCUT2D eigenvalue weighted by Gasteiger charge is -2.25. The molecule has 5 nitrogen and oxygen atoms in total. The van der Waals surface area contributed by atoms with Gasteiger partial charge >= 0.3 is 0 Å². The maximum absolute atomic E-state index is 12.6. The minimum absolute atomic E-state index is 0.0327. The number of nitrogens with zero attached hydrogens (tertiary/aromatic N) is 2. The Balaban J connectivity index is 1.89. The maximum Gasteiger partial charge on any atom is 0.179 e. The highest BCUT2D eigenvalue weighted by Gasteiger charge is 2.22. The van der Waals surface area contributed by atoms with Gasteiger partial charge in [0.25, 0.3) is 0 Å². The summed E-state index contributed by atoms with van der Waals surface area (Å²) in [6.45, 7) is 1.94. The average molecular weight is 367 g/mol. The van der Waals surface area contributed by atoms with E-state index in [2.05, 4.69) is 6.07 Å². The van der Waals surface area contributed by atoms with Gasteiger partial charge in [0, 0.05) is 24.7 Å². The molecule has 1 aromatic heterocycles. The minimum Gasteiger partial charge on any atom is -0.394 e. The molecule has 144 valence electrons. The Kier molecular flexibility index (Phi) is 7.35. The second-order valence-corrected chi connectivity index (χ2v) is 7.23. The van der Waals surface area contributed by atoms with Crippen molar-refractivity contribution in [3.63, 3.8) is 0 Å². The van der Waals surface area contributed by atoms with Crippen LogP contribution < -0.4 is 5.73 Å². The van der Waals surface area contributed by atoms with E-state index in [0.29, 0.717) is 24.1 Å². The maximum atomic E-state index is 12.6. The standard InChI is InChI=1S/C22H29N3O2/c1-3-22(24,16-26)14-13-19-11-12-20(25(19)2)21(27)6-4-5-17-7-9-18(15-23)10-8-17/h7-12,26H,3-6,13-14,16,24H2,1-2H3. The number of Topliss-reactive ketones (excluding diaryl/α,β-unsaturated/α-hetero) is 1. The fourth-order valence-corrected chi connectivity index (χ4v) is 3.16. The van der Waals surface area contributed by atoms with Gasteiger partial charge in [-0.1, -0.05) is 19.1 Å². The van der Waals surface area contributed by atoms with Crippen molar-refractivity contribution in [3.05, 3.63) is 58.9 Å². The molecule has 5 heteroatoms. The van der Waals surface area contributed by atoms with Crippen molar-refractivity contribution >= 4 is 5.78 Å². The number of rotatable bonds is 10. The van der Waals surface area contributed by atoms with Gasteiger partial charge in [0.2, 0.25) is 0 Å². The number of aromatic nitrogens is 1. The molecule has 0 aliphatic carbocycles. The monoisotopic (exact) mass is 367 g/mol. The number of nitrogens with two attached hydrogens (primary N) is 1. The summed E-state index contributed by atoms with van der Waals surface area (Å²) in [5.74, 6) is 0.133. The number of hydrogen-bond acceptors (Lipinski definition) is 4. The van der Waals surface area contributed by atoms with Gasteiger partial charge in [0.15, 0.2) is 5.78 Å². The van der Waals surface area contributed by atoms with Crippen molar-refractivity contribution in [3.8, 4) is 6.07 Å². The van der Waals surface area contributed by atoms with E-state index in [9.17, 15) is 9.90 Å². The van der Waals surface area contributed by atoms with Gasteiger partial charge in [-0.2, -0.15) is 5.26 Å². The molecule has 0 saturated carbocycles. The summed E-state index contributed by atoms with van der Waals surface area (Å²) >= 11 is 0. The van der Waals surface area contributed by atoms with Crippen LogP contribution in [0.5, 0.6) is 0 Å². The van der Waals surface area contributed by atoms with Crippen LogP contribution in [0, 0.1) is 11.3 Å². The first kappa shape index (κ1) is 20.9. The second kappa shape index (κ2) is 9.50. The lowest BCUT2D eigenvalue weighted by molar-refractivity contribution is 0.0972. The normalized spacial score (nSPS) is 13.1. The zero-order valence-corrected chi connectivity index (χ0v) is 16.2. The Bertz CT molecular complexity index is 796. The van der Waals surface area contributed by atoms with Gasteiger partial charge in [-0.3, -0.25) is 4.79 Å². The Hall–Kier alpha value is -2.42. The van der Waals surface area contributed by atoms with Gasteiger partial charge in [-0.25, -0.2) is 0 Å². The van der Waals surface area contributed by atoms with Gasteiger partial charge in [0.05, 0.1) is 23.9 Å². The molecule has 1 atom stereocenters. The molecule has 1 unspecified atom stereocenters. The lowest BCUT2D eigenvalue weighted by atomic mass is 9.92. The predicted molar refractivity (Wildman–Crippen MR) is 106 cm³/mol. The van der Waals surface area contributed by atoms with E-state index in [4.69, 9.17) is 11.0 Å². The molecule has 0 radical (unpaired) electrons. The van der Waals surface area contributed by atoms with E-state index in [1.165, 1.54) is 0 Å². The van der Waals surface area contributed by atoms with Crippen LogP contribution in [-0.2, 0) is 19.9 Å². The van der Waals surface area contributed by atoms with Crippen LogP contribution in [0.15, 0.2) is 36.4 Å². The molecular weight excluding hydrogens is 338 g/mol. The molecule has 0 fully saturated rings. The minimum atomic E-state index is -0.560. The number of aliphatic hydroxyl groups excluding tert-OH is 1. The number of carbonyl (C=O) groups is 1. The van der Waals surface area contributed by atoms with Crippen molar-refractivity contribution in [2.75, 3.05) is 6.61 Å². The molecule has 0 aliphatic rings. The average Bonchev–Trinajstić information content (AvgIpc) is 3.07. The van der Waals surface area contributed by atoms with Crippen molar-refractivity contribution in [1.82, 2.24) is 4.57 Å². The summed E-state index contributed by atoms with van der Waals surface area (Å²) in [7, 11) is 1.91. The Labute approximate surface area is 161 Å². The lowest BCUT2D eigenvalue weighted by Crippen LogP contribution is -2.43. The summed E-state index contributed by atoms with van der Waals surface area (Å²) in [4.78, 5) is 12.6. The number of benzene rings is 1. The first-order valence-corrected chi connectivity index (χ1v) is 9.49. The third-order valence-corrected chi connectivity index (χ3v) is 5.36. The van der Waals surface area contributed by atoms with Gasteiger partial charge < -0.3 is 15.4 Å². The first-order chi connectivity index (χ1) is 12.9. The number of aliphatic hydroxyl groups is 1. The summed E-state index contributed by atoms with van der Waals surface area (Å²) in [6, 6.07) is 13.5. The highest BCUT2D eigenvalue weighted by atomic mass is 16.3. The Morgan fingerprint density at radius 2 is 1.93 bits per heavy atom. The number of ketones is 1. The van der Waals surface area contributed by atoms with E-state index in [1.807, 2.05) is 42.8 Å². The molecule has 2 rings (SSSR count). The summed E-state index contributed by atoms with van der Waals surface area (Å²) in [5.41, 5.74) is 9.16. The third kappa shape index (κ3) is 5.53. The zero-order chi connectivity index (χ0) is 19.9. The molecule has 0 amide bonds. The zero-order valence-electron chi connectivity index (χ0n) is 16.2. The topological polar surface area (TPSA) is 92.0 Å². The van der Waals surface area contributed by atoms with Gasteiger partial charge in [-0.15, -0.1) is 0 Å². The van der Waals surface area contributed by atoms with Crippen molar-refractivity contribution in [1.29, 1.82) is 5.26 Å². The molecule has 0 saturated heterocycles. The van der Waals surface area contributed by atoms with E-state index in [0.717, 1.165) is 36.9 Å². The van der Waals surface area contributed by atoms with Crippen LogP contribution in [0.25, 0.3) is 0 Å². The van der Waals surface area contributed by atoms with Gasteiger partial charge in [-0.05, 0) is 61.9 Å². The summed E-state index contributed by atoms with van der Waals surface area (Å²) in [6.07, 6.45) is 4.22. The quantitative estimate of drug-likeness (QED) is 0.631. The fraction of sp³-hybridized carbons (Fsp3) is 0.455. The van der Waals surface area contributed by atoms with E-state index >= 15 is 0 Å². The van der Waals surface area contributed by atoms with Crippen molar-refractivity contribution < 1.29 is 9.90 Å². The molecular formula is C22H29N3O2. The van der Waals surface area contributed by atoms with Gasteiger partial charge in [0.1, 0.15) is 0 Å². The molecule has 27 heavy (non-hydrogen) atoms. The summed E-state index contributed by atoms with van der Waals surface area (Å²) < 4.78 is 1.94. The SMILES string of the molecule is CCC(N)(CO)CCc1ccc(C(=O)CCCc2ccc(C#N)cc2)n1C. The van der Waals surface area contributed by atoms with E-state index in [1.54, 1.807) is 12.1 Å². The number of carbonyl (C=O) groups excluding carboxylic acids is 1. The van der Waals surface area contributed by atoms with Crippen LogP contribution in [0.3, 0.4) is 0 Å². The third-order valence-electron chi connectivity index (χ3n) is 5.36. The number of aryl methyl sites for hydroxylation is 2. The van der Waals surface area contributed by atoms with Crippen LogP contribution in [0.1, 0.15) is 59.9 Å². The predicted octanol–water partition coefficient (Wildman–Crippen LogP) is 3.13. The smallest absolute Gasteiger partial charge is 0.179 e. The molecule has 0 aliphatic heterocycles. The largest absolute Gasteiger partial charge is 0.394 e. The first-order valence-electron chi connectivity index (χ1n) is 9.49. The highest BCUT2D eigenvalue weighted by Crippen LogP contribution is 2.18. The molecule has 0 spiro atoms. The number of nitriles is 1. The molecule has 1 heterocycles. The van der Waals surface area contributed by atoms with Crippen LogP contribution in [0.2, 0.25) is 0 Å². The molecule has 3 N–H and O–H groups in total.